The molecule has 94 valence electrons. The zero-order chi connectivity index (χ0) is 13.8. The second-order valence-electron chi connectivity index (χ2n) is 4.42. The molecule has 20 heavy (non-hydrogen) atoms. The number of nitrogens with zero attached hydrogens (tertiary/aromatic N) is 2. The Morgan fingerprint density at radius 2 is 1.55 bits per heavy atom. The molecule has 0 saturated heterocycles. The molecular formula is C18H12N2. The fourth-order valence-electron chi connectivity index (χ4n) is 2.18. The normalized spacial score (nSPS) is 9.95. The molecule has 0 N–H and O–H groups in total. The molecule has 0 radical (unpaired) electrons. The topological polar surface area (TPSA) is 17.2 Å². The zero-order valence-electron chi connectivity index (χ0n) is 10.8. The molecule has 2 nitrogen and oxygen atoms in total. The maximum Gasteiger partial charge on any atom is 0.196 e. The van der Waals surface area contributed by atoms with Crippen molar-refractivity contribution < 1.29 is 0 Å². The summed E-state index contributed by atoms with van der Waals surface area (Å²) in [6.45, 7) is 7.25. The highest BCUT2D eigenvalue weighted by Crippen LogP contribution is 2.30. The molecule has 2 heteroatoms. The third kappa shape index (κ3) is 2.30. The predicted molar refractivity (Wildman–Crippen MR) is 81.4 cm³/mol. The Kier molecular flexibility index (Phi) is 3.26. The fraction of sp³-hybridized carbons (Fsp3) is 0. The Bertz CT molecular complexity index is 771. The standard InChI is InChI=1S/C18H12N2/c1-19-17-10-6-5-9-16(17)18-13-15(11-12-20-18)14-7-3-2-4-8-14/h2-13H. The van der Waals surface area contributed by atoms with Crippen LogP contribution in [0.1, 0.15) is 0 Å². The van der Waals surface area contributed by atoms with Gasteiger partial charge in [0.2, 0.25) is 0 Å². The lowest BCUT2D eigenvalue weighted by molar-refractivity contribution is 1.33. The average molecular weight is 256 g/mol. The van der Waals surface area contributed by atoms with Crippen molar-refractivity contribution >= 4 is 5.69 Å². The molecule has 0 spiro atoms. The largest absolute Gasteiger partial charge is 0.258 e. The molecule has 3 aromatic rings. The molecule has 0 bridgehead atoms. The van der Waals surface area contributed by atoms with Crippen LogP contribution in [0.3, 0.4) is 0 Å². The zero-order valence-corrected chi connectivity index (χ0v) is 10.8. The maximum absolute atomic E-state index is 7.25. The lowest BCUT2D eigenvalue weighted by Gasteiger charge is -2.06. The van der Waals surface area contributed by atoms with Crippen LogP contribution in [0, 0.1) is 6.57 Å². The van der Waals surface area contributed by atoms with Crippen LogP contribution in [-0.4, -0.2) is 4.98 Å². The average Bonchev–Trinajstić information content (AvgIpc) is 2.56. The molecule has 0 aliphatic carbocycles. The smallest absolute Gasteiger partial charge is 0.196 e. The third-order valence-electron chi connectivity index (χ3n) is 3.17. The SMILES string of the molecule is [C-]#[N+]c1ccccc1-c1cc(-c2ccccc2)ccn1. The summed E-state index contributed by atoms with van der Waals surface area (Å²) in [7, 11) is 0. The second kappa shape index (κ2) is 5.38. The molecule has 0 saturated carbocycles. The molecular weight excluding hydrogens is 244 g/mol. The quantitative estimate of drug-likeness (QED) is 0.592. The van der Waals surface area contributed by atoms with Crippen LogP contribution in [0.15, 0.2) is 72.9 Å². The molecule has 1 heterocycles. The van der Waals surface area contributed by atoms with E-state index in [0.29, 0.717) is 5.69 Å². The van der Waals surface area contributed by atoms with Crippen LogP contribution in [0.2, 0.25) is 0 Å². The van der Waals surface area contributed by atoms with Crippen molar-refractivity contribution in [3.8, 4) is 22.4 Å². The summed E-state index contributed by atoms with van der Waals surface area (Å²) in [5, 5.41) is 0. The van der Waals surface area contributed by atoms with Crippen LogP contribution in [0.25, 0.3) is 27.2 Å². The van der Waals surface area contributed by atoms with Crippen molar-refractivity contribution in [3.05, 3.63) is 84.3 Å². The molecule has 0 atom stereocenters. The van der Waals surface area contributed by atoms with Crippen LogP contribution >= 0.6 is 0 Å². The minimum Gasteiger partial charge on any atom is -0.258 e. The van der Waals surface area contributed by atoms with E-state index in [1.807, 2.05) is 54.6 Å². The van der Waals surface area contributed by atoms with E-state index in [1.54, 1.807) is 6.20 Å². The van der Waals surface area contributed by atoms with Gasteiger partial charge in [-0.3, -0.25) is 4.98 Å². The number of hydrogen-bond donors (Lipinski definition) is 0. The summed E-state index contributed by atoms with van der Waals surface area (Å²) in [4.78, 5) is 7.96. The lowest BCUT2D eigenvalue weighted by atomic mass is 10.0. The van der Waals surface area contributed by atoms with Gasteiger partial charge in [0.1, 0.15) is 0 Å². The van der Waals surface area contributed by atoms with E-state index in [4.69, 9.17) is 6.57 Å². The van der Waals surface area contributed by atoms with Crippen molar-refractivity contribution in [1.29, 1.82) is 0 Å². The number of rotatable bonds is 2. The van der Waals surface area contributed by atoms with Crippen LogP contribution in [0.5, 0.6) is 0 Å². The van der Waals surface area contributed by atoms with Gasteiger partial charge in [0.25, 0.3) is 0 Å². The van der Waals surface area contributed by atoms with E-state index < -0.39 is 0 Å². The van der Waals surface area contributed by atoms with Crippen molar-refractivity contribution in [2.45, 2.75) is 0 Å². The lowest BCUT2D eigenvalue weighted by Crippen LogP contribution is -1.85. The van der Waals surface area contributed by atoms with Gasteiger partial charge < -0.3 is 0 Å². The first kappa shape index (κ1) is 12.1. The van der Waals surface area contributed by atoms with Gasteiger partial charge in [-0.1, -0.05) is 54.6 Å². The van der Waals surface area contributed by atoms with Crippen LogP contribution < -0.4 is 0 Å². The van der Waals surface area contributed by atoms with Gasteiger partial charge in [0, 0.05) is 11.8 Å². The monoisotopic (exact) mass is 256 g/mol. The Balaban J connectivity index is 2.11. The van der Waals surface area contributed by atoms with Gasteiger partial charge in [-0.05, 0) is 23.3 Å². The minimum absolute atomic E-state index is 0.630. The van der Waals surface area contributed by atoms with E-state index in [1.165, 1.54) is 0 Å². The first-order chi connectivity index (χ1) is 9.88. The Morgan fingerprint density at radius 1 is 0.800 bits per heavy atom. The summed E-state index contributed by atoms with van der Waals surface area (Å²) >= 11 is 0. The van der Waals surface area contributed by atoms with Crippen LogP contribution in [0.4, 0.5) is 5.69 Å². The van der Waals surface area contributed by atoms with Gasteiger partial charge >= 0.3 is 0 Å². The first-order valence-corrected chi connectivity index (χ1v) is 6.37. The van der Waals surface area contributed by atoms with Crippen molar-refractivity contribution in [2.24, 2.45) is 0 Å². The van der Waals surface area contributed by atoms with E-state index >= 15 is 0 Å². The molecule has 0 aliphatic rings. The predicted octanol–water partition coefficient (Wildman–Crippen LogP) is 4.97. The highest BCUT2D eigenvalue weighted by molar-refractivity contribution is 5.79. The summed E-state index contributed by atoms with van der Waals surface area (Å²) in [6, 6.07) is 21.7. The van der Waals surface area contributed by atoms with E-state index in [2.05, 4.69) is 22.0 Å². The first-order valence-electron chi connectivity index (χ1n) is 6.37. The maximum atomic E-state index is 7.25. The fourth-order valence-corrected chi connectivity index (χ4v) is 2.18. The third-order valence-corrected chi connectivity index (χ3v) is 3.17. The van der Waals surface area contributed by atoms with E-state index in [9.17, 15) is 0 Å². The van der Waals surface area contributed by atoms with Gasteiger partial charge in [0.05, 0.1) is 12.3 Å². The summed E-state index contributed by atoms with van der Waals surface area (Å²) in [6.07, 6.45) is 1.79. The molecule has 2 aromatic carbocycles. The van der Waals surface area contributed by atoms with Crippen molar-refractivity contribution in [1.82, 2.24) is 4.98 Å². The summed E-state index contributed by atoms with van der Waals surface area (Å²) < 4.78 is 0. The van der Waals surface area contributed by atoms with Crippen molar-refractivity contribution in [3.63, 3.8) is 0 Å². The second-order valence-corrected chi connectivity index (χ2v) is 4.42. The van der Waals surface area contributed by atoms with Gasteiger partial charge in [-0.25, -0.2) is 4.85 Å². The minimum atomic E-state index is 0.630. The van der Waals surface area contributed by atoms with Crippen molar-refractivity contribution in [2.75, 3.05) is 0 Å². The van der Waals surface area contributed by atoms with Gasteiger partial charge in [0.15, 0.2) is 5.69 Å². The Hall–Kier alpha value is -2.92. The molecule has 1 aromatic heterocycles. The molecule has 0 fully saturated rings. The number of hydrogen-bond acceptors (Lipinski definition) is 1. The van der Waals surface area contributed by atoms with Gasteiger partial charge in [-0.2, -0.15) is 0 Å². The van der Waals surface area contributed by atoms with E-state index in [0.717, 1.165) is 22.4 Å². The number of benzene rings is 2. The number of pyridine rings is 1. The Morgan fingerprint density at radius 3 is 2.35 bits per heavy atom. The van der Waals surface area contributed by atoms with Gasteiger partial charge in [-0.15, -0.1) is 0 Å². The molecule has 3 rings (SSSR count). The number of aromatic nitrogens is 1. The molecule has 0 unspecified atom stereocenters. The van der Waals surface area contributed by atoms with E-state index in [-0.39, 0.29) is 0 Å². The summed E-state index contributed by atoms with van der Waals surface area (Å²) in [5.41, 5.74) is 4.59. The highest BCUT2D eigenvalue weighted by Gasteiger charge is 2.06. The summed E-state index contributed by atoms with van der Waals surface area (Å²) in [5.74, 6) is 0. The molecule has 0 aliphatic heterocycles. The highest BCUT2D eigenvalue weighted by atomic mass is 14.7. The number of para-hydroxylation sites is 1. The van der Waals surface area contributed by atoms with Crippen LogP contribution in [-0.2, 0) is 0 Å². The molecule has 0 amide bonds. The Labute approximate surface area is 118 Å².